The summed E-state index contributed by atoms with van der Waals surface area (Å²) in [6.07, 6.45) is 1.12. The molecule has 0 radical (unpaired) electrons. The van der Waals surface area contributed by atoms with E-state index in [1.54, 1.807) is 16.2 Å². The molecule has 1 atom stereocenters. The van der Waals surface area contributed by atoms with E-state index in [1.807, 2.05) is 47.8 Å². The summed E-state index contributed by atoms with van der Waals surface area (Å²) in [6.45, 7) is 0.736. The Bertz CT molecular complexity index is 640. The fourth-order valence-electron chi connectivity index (χ4n) is 2.70. The van der Waals surface area contributed by atoms with E-state index in [-0.39, 0.29) is 24.4 Å². The molecule has 3 rings (SSSR count). The predicted molar refractivity (Wildman–Crippen MR) is 86.7 cm³/mol. The van der Waals surface area contributed by atoms with Gasteiger partial charge < -0.3 is 10.2 Å². The van der Waals surface area contributed by atoms with Gasteiger partial charge >= 0.3 is 0 Å². The molecule has 1 fully saturated rings. The van der Waals surface area contributed by atoms with Crippen molar-refractivity contribution in [1.29, 1.82) is 0 Å². The van der Waals surface area contributed by atoms with Gasteiger partial charge in [-0.1, -0.05) is 36.4 Å². The number of rotatable bonds is 4. The Morgan fingerprint density at radius 2 is 2.05 bits per heavy atom. The van der Waals surface area contributed by atoms with Crippen LogP contribution < -0.4 is 5.32 Å². The van der Waals surface area contributed by atoms with Crippen LogP contribution in [0, 0.1) is 0 Å². The maximum Gasteiger partial charge on any atom is 0.239 e. The highest BCUT2D eigenvalue weighted by Gasteiger charge is 2.27. The Labute approximate surface area is 133 Å². The number of carbonyl (C=O) groups is 2. The van der Waals surface area contributed by atoms with Crippen LogP contribution in [-0.4, -0.2) is 35.8 Å². The lowest BCUT2D eigenvalue weighted by atomic mass is 10.0. The van der Waals surface area contributed by atoms with E-state index >= 15 is 0 Å². The van der Waals surface area contributed by atoms with Crippen LogP contribution in [0.2, 0.25) is 0 Å². The van der Waals surface area contributed by atoms with Gasteiger partial charge in [0.25, 0.3) is 0 Å². The van der Waals surface area contributed by atoms with Gasteiger partial charge in [-0.3, -0.25) is 9.59 Å². The highest BCUT2D eigenvalue weighted by atomic mass is 32.1. The first-order valence-electron chi connectivity index (χ1n) is 7.34. The van der Waals surface area contributed by atoms with Gasteiger partial charge in [0, 0.05) is 11.4 Å². The van der Waals surface area contributed by atoms with Gasteiger partial charge in [-0.15, -0.1) is 11.3 Å². The normalized spacial score (nSPS) is 18.1. The maximum atomic E-state index is 12.4. The van der Waals surface area contributed by atoms with Crippen molar-refractivity contribution in [1.82, 2.24) is 10.2 Å². The molecule has 1 aliphatic heterocycles. The van der Waals surface area contributed by atoms with Gasteiger partial charge in [-0.05, 0) is 23.4 Å². The van der Waals surface area contributed by atoms with Crippen molar-refractivity contribution in [2.75, 3.05) is 13.1 Å². The van der Waals surface area contributed by atoms with Crippen LogP contribution in [0.5, 0.6) is 0 Å². The Balaban J connectivity index is 1.63. The van der Waals surface area contributed by atoms with E-state index in [2.05, 4.69) is 5.32 Å². The summed E-state index contributed by atoms with van der Waals surface area (Å²) in [7, 11) is 0. The second-order valence-electron chi connectivity index (χ2n) is 5.48. The topological polar surface area (TPSA) is 49.4 Å². The molecule has 1 aromatic heterocycles. The lowest BCUT2D eigenvalue weighted by Crippen LogP contribution is -2.56. The Morgan fingerprint density at radius 1 is 1.23 bits per heavy atom. The van der Waals surface area contributed by atoms with Crippen molar-refractivity contribution in [2.45, 2.75) is 18.9 Å². The number of hydrogen-bond donors (Lipinski definition) is 1. The molecule has 1 aliphatic rings. The minimum absolute atomic E-state index is 0.0177. The molecule has 2 amide bonds. The fourth-order valence-corrected chi connectivity index (χ4v) is 3.40. The molecule has 4 nitrogen and oxygen atoms in total. The first-order valence-corrected chi connectivity index (χ1v) is 8.22. The standard InChI is InChI=1S/C17H18N2O2S/c20-16-12-19(17(21)10-15-7-4-8-22-15)11-14(18-16)9-13-5-2-1-3-6-13/h1-8,14H,9-12H2,(H,18,20)/t14-/m0/s1. The van der Waals surface area contributed by atoms with E-state index in [4.69, 9.17) is 0 Å². The van der Waals surface area contributed by atoms with Crippen LogP contribution in [0.15, 0.2) is 47.8 Å². The quantitative estimate of drug-likeness (QED) is 0.936. The van der Waals surface area contributed by atoms with Crippen molar-refractivity contribution < 1.29 is 9.59 Å². The predicted octanol–water partition coefficient (Wildman–Crippen LogP) is 1.86. The smallest absolute Gasteiger partial charge is 0.239 e. The zero-order chi connectivity index (χ0) is 15.4. The van der Waals surface area contributed by atoms with Crippen LogP contribution in [0.25, 0.3) is 0 Å². The first-order chi connectivity index (χ1) is 10.7. The lowest BCUT2D eigenvalue weighted by Gasteiger charge is -2.33. The number of benzene rings is 1. The maximum absolute atomic E-state index is 12.4. The van der Waals surface area contributed by atoms with Gasteiger partial charge in [0.15, 0.2) is 0 Å². The van der Waals surface area contributed by atoms with E-state index in [0.717, 1.165) is 11.3 Å². The van der Waals surface area contributed by atoms with Crippen LogP contribution in [0.1, 0.15) is 10.4 Å². The summed E-state index contributed by atoms with van der Waals surface area (Å²) in [5.41, 5.74) is 1.17. The molecule has 22 heavy (non-hydrogen) atoms. The van der Waals surface area contributed by atoms with Crippen molar-refractivity contribution in [3.63, 3.8) is 0 Å². The highest BCUT2D eigenvalue weighted by molar-refractivity contribution is 7.10. The van der Waals surface area contributed by atoms with Gasteiger partial charge in [-0.2, -0.15) is 0 Å². The van der Waals surface area contributed by atoms with Crippen LogP contribution >= 0.6 is 11.3 Å². The monoisotopic (exact) mass is 314 g/mol. The highest BCUT2D eigenvalue weighted by Crippen LogP contribution is 2.13. The van der Waals surface area contributed by atoms with Crippen molar-refractivity contribution in [2.24, 2.45) is 0 Å². The Morgan fingerprint density at radius 3 is 2.77 bits per heavy atom. The van der Waals surface area contributed by atoms with Crippen LogP contribution in [0.4, 0.5) is 0 Å². The van der Waals surface area contributed by atoms with Gasteiger partial charge in [-0.25, -0.2) is 0 Å². The van der Waals surface area contributed by atoms with Crippen molar-refractivity contribution in [3.05, 3.63) is 58.3 Å². The summed E-state index contributed by atoms with van der Waals surface area (Å²) >= 11 is 1.57. The zero-order valence-corrected chi connectivity index (χ0v) is 13.0. The van der Waals surface area contributed by atoms with E-state index in [0.29, 0.717) is 13.0 Å². The minimum atomic E-state index is -0.0771. The number of amides is 2. The molecule has 0 aliphatic carbocycles. The largest absolute Gasteiger partial charge is 0.350 e. The molecule has 114 valence electrons. The second-order valence-corrected chi connectivity index (χ2v) is 6.52. The average Bonchev–Trinajstić information content (AvgIpc) is 3.00. The van der Waals surface area contributed by atoms with Gasteiger partial charge in [0.2, 0.25) is 11.8 Å². The summed E-state index contributed by atoms with van der Waals surface area (Å²) < 4.78 is 0. The van der Waals surface area contributed by atoms with E-state index in [1.165, 1.54) is 5.56 Å². The number of carbonyl (C=O) groups excluding carboxylic acids is 2. The third-order valence-electron chi connectivity index (χ3n) is 3.72. The third-order valence-corrected chi connectivity index (χ3v) is 4.60. The molecule has 2 aromatic rings. The minimum Gasteiger partial charge on any atom is -0.350 e. The van der Waals surface area contributed by atoms with Crippen molar-refractivity contribution in [3.8, 4) is 0 Å². The van der Waals surface area contributed by atoms with Crippen molar-refractivity contribution >= 4 is 23.2 Å². The summed E-state index contributed by atoms with van der Waals surface area (Å²) in [5, 5.41) is 4.94. The molecule has 2 heterocycles. The molecule has 1 aromatic carbocycles. The molecule has 0 unspecified atom stereocenters. The number of nitrogens with one attached hydrogen (secondary N) is 1. The molecule has 0 saturated carbocycles. The number of hydrogen-bond acceptors (Lipinski definition) is 3. The first kappa shape index (κ1) is 14.8. The summed E-state index contributed by atoms with van der Waals surface area (Å²) in [4.78, 5) is 27.0. The molecular weight excluding hydrogens is 296 g/mol. The fraction of sp³-hybridized carbons (Fsp3) is 0.294. The van der Waals surface area contributed by atoms with Gasteiger partial charge in [0.1, 0.15) is 0 Å². The van der Waals surface area contributed by atoms with Crippen LogP contribution in [-0.2, 0) is 22.4 Å². The summed E-state index contributed by atoms with van der Waals surface area (Å²) in [6, 6.07) is 13.9. The van der Waals surface area contributed by atoms with E-state index < -0.39 is 0 Å². The lowest BCUT2D eigenvalue weighted by molar-refractivity contribution is -0.139. The molecule has 1 N–H and O–H groups in total. The Kier molecular flexibility index (Phi) is 4.53. The molecule has 1 saturated heterocycles. The SMILES string of the molecule is O=C1CN(C(=O)Cc2cccs2)C[C@H](Cc2ccccc2)N1. The third kappa shape index (κ3) is 3.74. The molecule has 5 heteroatoms. The Hall–Kier alpha value is -2.14. The molecule has 0 spiro atoms. The zero-order valence-electron chi connectivity index (χ0n) is 12.2. The number of thiophene rings is 1. The van der Waals surface area contributed by atoms with Gasteiger partial charge in [0.05, 0.1) is 19.0 Å². The van der Waals surface area contributed by atoms with Crippen LogP contribution in [0.3, 0.4) is 0 Å². The summed E-state index contributed by atoms with van der Waals surface area (Å²) in [5.74, 6) is -0.0536. The number of piperazine rings is 1. The molecule has 0 bridgehead atoms. The second kappa shape index (κ2) is 6.75. The molecular formula is C17H18N2O2S. The number of nitrogens with zero attached hydrogens (tertiary/aromatic N) is 1. The average molecular weight is 314 g/mol. The van der Waals surface area contributed by atoms with E-state index in [9.17, 15) is 9.59 Å².